The summed E-state index contributed by atoms with van der Waals surface area (Å²) in [6.45, 7) is 14.7. The molecule has 0 aliphatic rings. The van der Waals surface area contributed by atoms with Gasteiger partial charge in [0.15, 0.2) is 0 Å². The number of rotatable bonds is 10. The lowest BCUT2D eigenvalue weighted by atomic mass is 10.1. The molecule has 0 rings (SSSR count). The standard InChI is InChI=1S/C15H34O3Si2/c1-7-14(3,4)19-11-9-17-13(16)18-10-12-20-15(5,6)8-2/h7-12,19-20H2,1-6H3. The Morgan fingerprint density at radius 1 is 0.850 bits per heavy atom. The second kappa shape index (κ2) is 9.61. The zero-order chi connectivity index (χ0) is 15.6. The second-order valence-corrected chi connectivity index (χ2v) is 13.4. The van der Waals surface area contributed by atoms with Crippen LogP contribution in [0.25, 0.3) is 0 Å². The molecule has 0 fully saturated rings. The highest BCUT2D eigenvalue weighted by Crippen LogP contribution is 2.28. The van der Waals surface area contributed by atoms with Gasteiger partial charge in [-0.25, -0.2) is 4.79 Å². The van der Waals surface area contributed by atoms with Crippen LogP contribution in [-0.4, -0.2) is 38.4 Å². The van der Waals surface area contributed by atoms with Crippen molar-refractivity contribution in [2.45, 2.75) is 76.5 Å². The Kier molecular flexibility index (Phi) is 9.46. The molecule has 0 saturated heterocycles. The molecule has 0 atom stereocenters. The third kappa shape index (κ3) is 10.5. The smallest absolute Gasteiger partial charge is 0.435 e. The fraction of sp³-hybridized carbons (Fsp3) is 0.933. The SMILES string of the molecule is CCC(C)(C)[SiH2]CCOC(=O)OCC[SiH2]C(C)(C)CC. The van der Waals surface area contributed by atoms with Crippen LogP contribution in [0.2, 0.25) is 22.2 Å². The summed E-state index contributed by atoms with van der Waals surface area (Å²) in [5.41, 5.74) is 0. The predicted octanol–water partition coefficient (Wildman–Crippen LogP) is 3.53. The molecule has 0 heterocycles. The van der Waals surface area contributed by atoms with Gasteiger partial charge in [0.25, 0.3) is 0 Å². The Bertz CT molecular complexity index is 252. The van der Waals surface area contributed by atoms with Gasteiger partial charge in [-0.05, 0) is 22.2 Å². The van der Waals surface area contributed by atoms with Crippen molar-refractivity contribution >= 4 is 25.2 Å². The summed E-state index contributed by atoms with van der Waals surface area (Å²) in [6.07, 6.45) is 1.94. The van der Waals surface area contributed by atoms with Crippen LogP contribution in [0.3, 0.4) is 0 Å². The summed E-state index contributed by atoms with van der Waals surface area (Å²) < 4.78 is 10.3. The summed E-state index contributed by atoms with van der Waals surface area (Å²) in [5, 5.41) is 0.954. The van der Waals surface area contributed by atoms with E-state index in [2.05, 4.69) is 41.5 Å². The van der Waals surface area contributed by atoms with Crippen LogP contribution in [0, 0.1) is 0 Å². The highest BCUT2D eigenvalue weighted by Gasteiger charge is 2.16. The van der Waals surface area contributed by atoms with E-state index in [1.165, 1.54) is 12.8 Å². The molecule has 120 valence electrons. The Morgan fingerprint density at radius 2 is 1.20 bits per heavy atom. The summed E-state index contributed by atoms with van der Waals surface area (Å²) >= 11 is 0. The molecule has 0 spiro atoms. The molecule has 0 aromatic carbocycles. The summed E-state index contributed by atoms with van der Waals surface area (Å²) in [4.78, 5) is 11.4. The molecule has 0 aromatic heterocycles. The average molecular weight is 319 g/mol. The van der Waals surface area contributed by atoms with Crippen LogP contribution in [0.5, 0.6) is 0 Å². The molecular weight excluding hydrogens is 284 g/mol. The minimum absolute atomic E-state index is 0.175. The zero-order valence-electron chi connectivity index (χ0n) is 14.4. The van der Waals surface area contributed by atoms with E-state index in [1.807, 2.05) is 0 Å². The molecule has 0 aromatic rings. The van der Waals surface area contributed by atoms with E-state index < -0.39 is 6.16 Å². The second-order valence-electron chi connectivity index (χ2n) is 7.19. The first-order chi connectivity index (χ1) is 9.22. The summed E-state index contributed by atoms with van der Waals surface area (Å²) in [7, 11) is -0.350. The minimum Gasteiger partial charge on any atom is -0.435 e. The predicted molar refractivity (Wildman–Crippen MR) is 92.7 cm³/mol. The third-order valence-electron chi connectivity index (χ3n) is 4.35. The van der Waals surface area contributed by atoms with Gasteiger partial charge < -0.3 is 9.47 Å². The van der Waals surface area contributed by atoms with Crippen molar-refractivity contribution in [3.8, 4) is 0 Å². The number of carbonyl (C=O) groups is 1. The first kappa shape index (κ1) is 19.7. The molecule has 0 unspecified atom stereocenters. The Morgan fingerprint density at radius 3 is 1.50 bits per heavy atom. The molecule has 20 heavy (non-hydrogen) atoms. The lowest BCUT2D eigenvalue weighted by molar-refractivity contribution is 0.0628. The van der Waals surface area contributed by atoms with Crippen LogP contribution in [-0.2, 0) is 9.47 Å². The summed E-state index contributed by atoms with van der Waals surface area (Å²) in [6, 6.07) is 2.10. The van der Waals surface area contributed by atoms with E-state index in [-0.39, 0.29) is 19.0 Å². The van der Waals surface area contributed by atoms with E-state index in [1.54, 1.807) is 0 Å². The van der Waals surface area contributed by atoms with Crippen LogP contribution in [0.1, 0.15) is 54.4 Å². The first-order valence-corrected chi connectivity index (χ1v) is 11.4. The molecule has 3 nitrogen and oxygen atoms in total. The zero-order valence-corrected chi connectivity index (χ0v) is 17.2. The quantitative estimate of drug-likeness (QED) is 0.351. The van der Waals surface area contributed by atoms with Crippen molar-refractivity contribution in [2.75, 3.05) is 13.2 Å². The number of hydrogen-bond donors (Lipinski definition) is 0. The van der Waals surface area contributed by atoms with Crippen molar-refractivity contribution in [3.63, 3.8) is 0 Å². The van der Waals surface area contributed by atoms with E-state index in [0.29, 0.717) is 23.3 Å². The van der Waals surface area contributed by atoms with Crippen LogP contribution in [0.15, 0.2) is 0 Å². The van der Waals surface area contributed by atoms with E-state index in [4.69, 9.17) is 9.47 Å². The molecule has 5 heteroatoms. The van der Waals surface area contributed by atoms with Crippen molar-refractivity contribution in [2.24, 2.45) is 0 Å². The molecule has 0 N–H and O–H groups in total. The van der Waals surface area contributed by atoms with Gasteiger partial charge in [-0.3, -0.25) is 0 Å². The van der Waals surface area contributed by atoms with Gasteiger partial charge >= 0.3 is 6.16 Å². The number of carbonyl (C=O) groups excluding carboxylic acids is 1. The largest absolute Gasteiger partial charge is 0.508 e. The molecule has 0 amide bonds. The van der Waals surface area contributed by atoms with Crippen molar-refractivity contribution in [1.29, 1.82) is 0 Å². The maximum absolute atomic E-state index is 11.4. The third-order valence-corrected chi connectivity index (χ3v) is 9.34. The van der Waals surface area contributed by atoms with Gasteiger partial charge in [0.05, 0.1) is 13.2 Å². The molecule has 0 aliphatic heterocycles. The number of ether oxygens (including phenoxy) is 2. The fourth-order valence-electron chi connectivity index (χ4n) is 1.81. The normalized spacial score (nSPS) is 13.5. The first-order valence-electron chi connectivity index (χ1n) is 8.02. The van der Waals surface area contributed by atoms with E-state index >= 15 is 0 Å². The fourth-order valence-corrected chi connectivity index (χ4v) is 5.01. The molecule has 0 aliphatic carbocycles. The van der Waals surface area contributed by atoms with Crippen LogP contribution >= 0.6 is 0 Å². The topological polar surface area (TPSA) is 35.5 Å². The average Bonchev–Trinajstić information content (AvgIpc) is 2.40. The maximum atomic E-state index is 11.4. The number of hydrogen-bond acceptors (Lipinski definition) is 3. The molecule has 0 bridgehead atoms. The van der Waals surface area contributed by atoms with Crippen molar-refractivity contribution < 1.29 is 14.3 Å². The highest BCUT2D eigenvalue weighted by molar-refractivity contribution is 6.40. The molecule has 0 radical (unpaired) electrons. The van der Waals surface area contributed by atoms with Gasteiger partial charge in [-0.15, -0.1) is 0 Å². The Labute approximate surface area is 129 Å². The van der Waals surface area contributed by atoms with Crippen molar-refractivity contribution in [1.82, 2.24) is 0 Å². The van der Waals surface area contributed by atoms with Crippen molar-refractivity contribution in [3.05, 3.63) is 0 Å². The maximum Gasteiger partial charge on any atom is 0.508 e. The van der Waals surface area contributed by atoms with Gasteiger partial charge in [-0.2, -0.15) is 0 Å². The Balaban J connectivity index is 3.56. The monoisotopic (exact) mass is 318 g/mol. The lowest BCUT2D eigenvalue weighted by Crippen LogP contribution is -2.17. The highest BCUT2D eigenvalue weighted by atomic mass is 28.2. The van der Waals surface area contributed by atoms with Gasteiger partial charge in [0.1, 0.15) is 0 Å². The van der Waals surface area contributed by atoms with E-state index in [0.717, 1.165) is 12.1 Å². The van der Waals surface area contributed by atoms with Gasteiger partial charge in [0.2, 0.25) is 0 Å². The van der Waals surface area contributed by atoms with Gasteiger partial charge in [-0.1, -0.05) is 54.4 Å². The summed E-state index contributed by atoms with van der Waals surface area (Å²) in [5.74, 6) is 0. The van der Waals surface area contributed by atoms with Crippen LogP contribution in [0.4, 0.5) is 4.79 Å². The Hall–Kier alpha value is -0.296. The van der Waals surface area contributed by atoms with E-state index in [9.17, 15) is 4.79 Å². The minimum atomic E-state index is -0.475. The van der Waals surface area contributed by atoms with Crippen LogP contribution < -0.4 is 0 Å². The van der Waals surface area contributed by atoms with Gasteiger partial charge in [0, 0.05) is 19.0 Å². The molecular formula is C15H34O3Si2. The lowest BCUT2D eigenvalue weighted by Gasteiger charge is -2.21. The molecule has 0 saturated carbocycles.